The zero-order chi connectivity index (χ0) is 16.6. The first-order valence-electron chi connectivity index (χ1n) is 9.46. The van der Waals surface area contributed by atoms with Gasteiger partial charge in [-0.15, -0.1) is 22.6 Å². The zero-order valence-electron chi connectivity index (χ0n) is 15.0. The highest BCUT2D eigenvalue weighted by atomic mass is 35.5. The summed E-state index contributed by atoms with van der Waals surface area (Å²) in [5.41, 5.74) is 2.78. The van der Waals surface area contributed by atoms with Crippen molar-refractivity contribution in [3.05, 3.63) is 41.0 Å². The Morgan fingerprint density at radius 2 is 2.04 bits per heavy atom. The molecule has 1 saturated heterocycles. The number of hydrogen-bond donors (Lipinski definition) is 1. The van der Waals surface area contributed by atoms with Gasteiger partial charge in [-0.25, -0.2) is 0 Å². The molecule has 4 heterocycles. The van der Waals surface area contributed by atoms with E-state index in [0.29, 0.717) is 5.92 Å². The lowest BCUT2D eigenvalue weighted by molar-refractivity contribution is 0.199. The van der Waals surface area contributed by atoms with E-state index < -0.39 is 0 Å². The molecule has 1 aromatic carbocycles. The van der Waals surface area contributed by atoms with Crippen LogP contribution in [0.3, 0.4) is 0 Å². The summed E-state index contributed by atoms with van der Waals surface area (Å²) >= 11 is 0. The third-order valence-corrected chi connectivity index (χ3v) is 5.76. The number of fused-ring (bicyclic) bond motifs is 2. The van der Waals surface area contributed by atoms with Gasteiger partial charge < -0.3 is 14.6 Å². The molecule has 0 saturated carbocycles. The summed E-state index contributed by atoms with van der Waals surface area (Å²) in [6.45, 7) is 7.05. The molecule has 140 valence electrons. The van der Waals surface area contributed by atoms with Crippen LogP contribution in [0.25, 0.3) is 0 Å². The van der Waals surface area contributed by atoms with Gasteiger partial charge in [-0.2, -0.15) is 0 Å². The minimum absolute atomic E-state index is 0. The fourth-order valence-electron chi connectivity index (χ4n) is 4.36. The predicted octanol–water partition coefficient (Wildman–Crippen LogP) is 2.12. The van der Waals surface area contributed by atoms with E-state index in [2.05, 4.69) is 43.2 Å². The Morgan fingerprint density at radius 1 is 1.15 bits per heavy atom. The van der Waals surface area contributed by atoms with E-state index in [1.54, 1.807) is 0 Å². The largest absolute Gasteiger partial charge is 0.493 e. The number of benzene rings is 1. The molecule has 7 heteroatoms. The van der Waals surface area contributed by atoms with Gasteiger partial charge in [-0.05, 0) is 43.1 Å². The number of aromatic nitrogens is 3. The number of likely N-dealkylation sites (tertiary alicyclic amines) is 1. The molecule has 0 aliphatic carbocycles. The Balaban J connectivity index is 0.00000168. The molecule has 1 aromatic heterocycles. The van der Waals surface area contributed by atoms with Crippen LogP contribution in [0.15, 0.2) is 18.2 Å². The highest BCUT2D eigenvalue weighted by molar-refractivity contribution is 5.85. The van der Waals surface area contributed by atoms with Crippen molar-refractivity contribution in [3.63, 3.8) is 0 Å². The number of rotatable bonds is 3. The summed E-state index contributed by atoms with van der Waals surface area (Å²) in [4.78, 5) is 2.57. The normalized spacial score (nSPS) is 20.2. The summed E-state index contributed by atoms with van der Waals surface area (Å²) < 4.78 is 7.96. The van der Waals surface area contributed by atoms with Gasteiger partial charge in [-0.1, -0.05) is 12.1 Å². The number of nitrogens with one attached hydrogen (secondary N) is 1. The number of nitrogens with zero attached hydrogens (tertiary/aromatic N) is 4. The number of ether oxygens (including phenoxy) is 1. The van der Waals surface area contributed by atoms with E-state index in [0.717, 1.165) is 63.9 Å². The minimum atomic E-state index is 0. The molecule has 0 amide bonds. The lowest BCUT2D eigenvalue weighted by Crippen LogP contribution is -2.34. The monoisotopic (exact) mass is 375 g/mol. The van der Waals surface area contributed by atoms with Crippen molar-refractivity contribution in [2.75, 3.05) is 26.2 Å². The Bertz CT molecular complexity index is 769. The van der Waals surface area contributed by atoms with Crippen LogP contribution in [0.1, 0.15) is 41.5 Å². The van der Waals surface area contributed by atoms with Crippen LogP contribution in [0.4, 0.5) is 0 Å². The summed E-state index contributed by atoms with van der Waals surface area (Å²) in [5.74, 6) is 3.95. The van der Waals surface area contributed by atoms with Crippen LogP contribution in [0.2, 0.25) is 0 Å². The summed E-state index contributed by atoms with van der Waals surface area (Å²) in [7, 11) is 0. The molecule has 6 nitrogen and oxygen atoms in total. The summed E-state index contributed by atoms with van der Waals surface area (Å²) in [6, 6.07) is 6.69. The molecular formula is C19H26ClN5O. The highest BCUT2D eigenvalue weighted by Gasteiger charge is 2.27. The molecule has 2 aromatic rings. The van der Waals surface area contributed by atoms with Gasteiger partial charge in [0, 0.05) is 32.0 Å². The van der Waals surface area contributed by atoms with E-state index in [9.17, 15) is 0 Å². The fraction of sp³-hybridized carbons (Fsp3) is 0.579. The van der Waals surface area contributed by atoms with Crippen molar-refractivity contribution in [1.29, 1.82) is 0 Å². The Kier molecular flexibility index (Phi) is 5.16. The van der Waals surface area contributed by atoms with E-state index in [-0.39, 0.29) is 12.4 Å². The Morgan fingerprint density at radius 3 is 2.92 bits per heavy atom. The third kappa shape index (κ3) is 3.33. The standard InChI is InChI=1S/C19H25N5O.ClH/c1-2-17-16(5-10-25-17)11-14(1)13-23-7-3-15(4-8-23)19-22-21-18-12-20-6-9-24(18)19;/h1-2,11,15,20H,3-10,12-13H2;1H. The Hall–Kier alpha value is -1.63. The van der Waals surface area contributed by atoms with Crippen LogP contribution < -0.4 is 10.1 Å². The summed E-state index contributed by atoms with van der Waals surface area (Å²) in [5, 5.41) is 12.3. The van der Waals surface area contributed by atoms with E-state index in [1.165, 1.54) is 29.8 Å². The second-order valence-electron chi connectivity index (χ2n) is 7.39. The molecule has 0 radical (unpaired) electrons. The first-order chi connectivity index (χ1) is 12.4. The molecule has 3 aliphatic rings. The summed E-state index contributed by atoms with van der Waals surface area (Å²) in [6.07, 6.45) is 3.41. The van der Waals surface area contributed by atoms with Crippen molar-refractivity contribution >= 4 is 12.4 Å². The SMILES string of the molecule is Cl.c1cc2c(cc1CN1CCC(c3nnc4n3CCNC4)CC1)CCO2. The molecule has 1 N–H and O–H groups in total. The quantitative estimate of drug-likeness (QED) is 0.890. The highest BCUT2D eigenvalue weighted by Crippen LogP contribution is 2.30. The van der Waals surface area contributed by atoms with Gasteiger partial charge in [0.2, 0.25) is 0 Å². The van der Waals surface area contributed by atoms with E-state index >= 15 is 0 Å². The van der Waals surface area contributed by atoms with Crippen molar-refractivity contribution in [2.45, 2.75) is 44.8 Å². The second kappa shape index (κ2) is 7.55. The average molecular weight is 376 g/mol. The molecule has 5 rings (SSSR count). The van der Waals surface area contributed by atoms with Crippen molar-refractivity contribution in [1.82, 2.24) is 25.0 Å². The number of piperidine rings is 1. The maximum absolute atomic E-state index is 5.61. The van der Waals surface area contributed by atoms with Gasteiger partial charge in [0.1, 0.15) is 17.4 Å². The first-order valence-corrected chi connectivity index (χ1v) is 9.46. The molecule has 26 heavy (non-hydrogen) atoms. The van der Waals surface area contributed by atoms with Crippen molar-refractivity contribution < 1.29 is 4.74 Å². The molecule has 3 aliphatic heterocycles. The van der Waals surface area contributed by atoms with Gasteiger partial charge in [0.25, 0.3) is 0 Å². The third-order valence-electron chi connectivity index (χ3n) is 5.76. The van der Waals surface area contributed by atoms with E-state index in [4.69, 9.17) is 4.74 Å². The van der Waals surface area contributed by atoms with E-state index in [1.807, 2.05) is 0 Å². The Labute approximate surface area is 160 Å². The van der Waals surface area contributed by atoms with Crippen LogP contribution in [-0.2, 0) is 26.1 Å². The number of halogens is 1. The van der Waals surface area contributed by atoms with Crippen LogP contribution >= 0.6 is 12.4 Å². The number of hydrogen-bond acceptors (Lipinski definition) is 5. The van der Waals surface area contributed by atoms with Crippen LogP contribution in [-0.4, -0.2) is 45.9 Å². The lowest BCUT2D eigenvalue weighted by Gasteiger charge is -2.32. The maximum Gasteiger partial charge on any atom is 0.147 e. The van der Waals surface area contributed by atoms with Crippen molar-refractivity contribution in [2.24, 2.45) is 0 Å². The predicted molar refractivity (Wildman–Crippen MR) is 102 cm³/mol. The molecular weight excluding hydrogens is 350 g/mol. The van der Waals surface area contributed by atoms with Gasteiger partial charge in [0.05, 0.1) is 13.2 Å². The topological polar surface area (TPSA) is 55.2 Å². The smallest absolute Gasteiger partial charge is 0.147 e. The van der Waals surface area contributed by atoms with Crippen LogP contribution in [0.5, 0.6) is 5.75 Å². The van der Waals surface area contributed by atoms with Gasteiger partial charge >= 0.3 is 0 Å². The van der Waals surface area contributed by atoms with Crippen LogP contribution in [0, 0.1) is 0 Å². The lowest BCUT2D eigenvalue weighted by atomic mass is 9.95. The molecule has 0 bridgehead atoms. The average Bonchev–Trinajstić information content (AvgIpc) is 3.29. The molecule has 1 fully saturated rings. The molecule has 0 unspecified atom stereocenters. The molecule has 0 spiro atoms. The van der Waals surface area contributed by atoms with Gasteiger partial charge in [-0.3, -0.25) is 4.90 Å². The molecule has 0 atom stereocenters. The fourth-order valence-corrected chi connectivity index (χ4v) is 4.36. The van der Waals surface area contributed by atoms with Gasteiger partial charge in [0.15, 0.2) is 0 Å². The maximum atomic E-state index is 5.61. The minimum Gasteiger partial charge on any atom is -0.493 e. The first kappa shape index (κ1) is 17.8. The zero-order valence-corrected chi connectivity index (χ0v) is 15.8. The second-order valence-corrected chi connectivity index (χ2v) is 7.39. The van der Waals surface area contributed by atoms with Crippen molar-refractivity contribution in [3.8, 4) is 5.75 Å².